The summed E-state index contributed by atoms with van der Waals surface area (Å²) in [5.41, 5.74) is 1.02. The van der Waals surface area contributed by atoms with Crippen molar-refractivity contribution in [3.63, 3.8) is 0 Å². The maximum absolute atomic E-state index is 12.7. The summed E-state index contributed by atoms with van der Waals surface area (Å²) in [7, 11) is 0. The maximum Gasteiger partial charge on any atom is 0.123 e. The van der Waals surface area contributed by atoms with Crippen molar-refractivity contribution in [1.82, 2.24) is 0 Å². The van der Waals surface area contributed by atoms with Crippen LogP contribution in [0.15, 0.2) is 24.3 Å². The van der Waals surface area contributed by atoms with Gasteiger partial charge in [0.05, 0.1) is 0 Å². The molecule has 1 aliphatic rings. The lowest BCUT2D eigenvalue weighted by molar-refractivity contribution is 0.274. The van der Waals surface area contributed by atoms with E-state index in [1.165, 1.54) is 6.07 Å². The van der Waals surface area contributed by atoms with Crippen LogP contribution in [0, 0.1) is 11.7 Å². The Morgan fingerprint density at radius 3 is 2.92 bits per heavy atom. The van der Waals surface area contributed by atoms with Crippen molar-refractivity contribution in [3.8, 4) is 0 Å². The highest BCUT2D eigenvalue weighted by Crippen LogP contribution is 2.46. The Hall–Kier alpha value is -0.890. The van der Waals surface area contributed by atoms with Crippen molar-refractivity contribution < 1.29 is 9.50 Å². The third kappa shape index (κ3) is 1.34. The summed E-state index contributed by atoms with van der Waals surface area (Å²) in [4.78, 5) is 0. The first-order valence-electron chi connectivity index (χ1n) is 4.17. The third-order valence-corrected chi connectivity index (χ3v) is 2.43. The number of halogens is 1. The largest absolute Gasteiger partial charge is 0.396 e. The Balaban J connectivity index is 2.14. The molecule has 2 heteroatoms. The molecule has 1 nitrogen and oxygen atoms in total. The highest BCUT2D eigenvalue weighted by molar-refractivity contribution is 5.26. The number of aliphatic hydroxyl groups is 1. The van der Waals surface area contributed by atoms with Crippen LogP contribution in [-0.4, -0.2) is 11.7 Å². The van der Waals surface area contributed by atoms with Gasteiger partial charge < -0.3 is 5.11 Å². The van der Waals surface area contributed by atoms with Crippen molar-refractivity contribution in [2.45, 2.75) is 12.3 Å². The van der Waals surface area contributed by atoms with Crippen LogP contribution in [0.5, 0.6) is 0 Å². The lowest BCUT2D eigenvalue weighted by Gasteiger charge is -1.97. The Kier molecular flexibility index (Phi) is 1.85. The summed E-state index contributed by atoms with van der Waals surface area (Å²) in [6.45, 7) is 0.223. The van der Waals surface area contributed by atoms with Crippen molar-refractivity contribution in [3.05, 3.63) is 35.6 Å². The fourth-order valence-corrected chi connectivity index (χ4v) is 1.59. The Bertz CT molecular complexity index is 285. The molecular formula is C10H11FO. The first kappa shape index (κ1) is 7.74. The standard InChI is InChI=1S/C10H11FO/c11-9-3-1-2-7(4-9)10-5-8(10)6-12/h1-4,8,10,12H,5-6H2/t8-,10+/m1/s1. The van der Waals surface area contributed by atoms with E-state index in [0.29, 0.717) is 11.8 Å². The van der Waals surface area contributed by atoms with Crippen LogP contribution in [-0.2, 0) is 0 Å². The molecule has 0 radical (unpaired) electrons. The second kappa shape index (κ2) is 2.87. The van der Waals surface area contributed by atoms with Gasteiger partial charge in [-0.25, -0.2) is 4.39 Å². The van der Waals surface area contributed by atoms with E-state index >= 15 is 0 Å². The molecule has 1 aromatic rings. The average molecular weight is 166 g/mol. The molecule has 12 heavy (non-hydrogen) atoms. The van der Waals surface area contributed by atoms with Gasteiger partial charge in [0.15, 0.2) is 0 Å². The zero-order chi connectivity index (χ0) is 8.55. The molecule has 0 saturated heterocycles. The molecule has 1 saturated carbocycles. The molecule has 0 unspecified atom stereocenters. The zero-order valence-corrected chi connectivity index (χ0v) is 6.70. The molecule has 1 fully saturated rings. The summed E-state index contributed by atoms with van der Waals surface area (Å²) in [5.74, 6) is 0.577. The van der Waals surface area contributed by atoms with Crippen molar-refractivity contribution in [2.75, 3.05) is 6.61 Å². The van der Waals surface area contributed by atoms with Crippen molar-refractivity contribution >= 4 is 0 Å². The Labute approximate surface area is 70.8 Å². The van der Waals surface area contributed by atoms with E-state index in [4.69, 9.17) is 5.11 Å². The average Bonchev–Trinajstić information content (AvgIpc) is 2.83. The quantitative estimate of drug-likeness (QED) is 0.711. The van der Waals surface area contributed by atoms with Gasteiger partial charge in [-0.05, 0) is 36.0 Å². The number of hydrogen-bond acceptors (Lipinski definition) is 1. The van der Waals surface area contributed by atoms with Gasteiger partial charge in [0.2, 0.25) is 0 Å². The summed E-state index contributed by atoms with van der Waals surface area (Å²) in [6, 6.07) is 6.64. The molecule has 0 spiro atoms. The molecule has 2 atom stereocenters. The minimum Gasteiger partial charge on any atom is -0.396 e. The van der Waals surface area contributed by atoms with Gasteiger partial charge in [0, 0.05) is 6.61 Å². The molecule has 0 heterocycles. The fourth-order valence-electron chi connectivity index (χ4n) is 1.59. The van der Waals surface area contributed by atoms with Gasteiger partial charge in [0.1, 0.15) is 5.82 Å². The first-order chi connectivity index (χ1) is 5.81. The SMILES string of the molecule is OC[C@H]1C[C@H]1c1cccc(F)c1. The number of benzene rings is 1. The molecule has 0 aliphatic heterocycles. The first-order valence-corrected chi connectivity index (χ1v) is 4.17. The fraction of sp³-hybridized carbons (Fsp3) is 0.400. The summed E-state index contributed by atoms with van der Waals surface area (Å²) in [5, 5.41) is 8.81. The van der Waals surface area contributed by atoms with E-state index < -0.39 is 0 Å². The molecular weight excluding hydrogens is 155 g/mol. The lowest BCUT2D eigenvalue weighted by atomic mass is 10.1. The van der Waals surface area contributed by atoms with Gasteiger partial charge in [-0.2, -0.15) is 0 Å². The molecule has 0 bridgehead atoms. The minimum atomic E-state index is -0.184. The van der Waals surface area contributed by atoms with E-state index in [1.54, 1.807) is 12.1 Å². The minimum absolute atomic E-state index is 0.184. The molecule has 0 amide bonds. The van der Waals surface area contributed by atoms with Gasteiger partial charge in [-0.3, -0.25) is 0 Å². The second-order valence-electron chi connectivity index (χ2n) is 3.34. The molecule has 64 valence electrons. The van der Waals surface area contributed by atoms with Crippen LogP contribution in [0.1, 0.15) is 17.9 Å². The number of hydrogen-bond donors (Lipinski definition) is 1. The lowest BCUT2D eigenvalue weighted by Crippen LogP contribution is -1.88. The van der Waals surface area contributed by atoms with Gasteiger partial charge >= 0.3 is 0 Å². The van der Waals surface area contributed by atoms with E-state index in [2.05, 4.69) is 0 Å². The predicted molar refractivity (Wildman–Crippen MR) is 44.3 cm³/mol. The van der Waals surface area contributed by atoms with Crippen LogP contribution >= 0.6 is 0 Å². The van der Waals surface area contributed by atoms with Crippen molar-refractivity contribution in [2.24, 2.45) is 5.92 Å². The monoisotopic (exact) mass is 166 g/mol. The smallest absolute Gasteiger partial charge is 0.123 e. The van der Waals surface area contributed by atoms with Crippen molar-refractivity contribution in [1.29, 1.82) is 0 Å². The van der Waals surface area contributed by atoms with Gasteiger partial charge in [-0.15, -0.1) is 0 Å². The van der Waals surface area contributed by atoms with Gasteiger partial charge in [0.25, 0.3) is 0 Å². The van der Waals surface area contributed by atoms with Gasteiger partial charge in [-0.1, -0.05) is 12.1 Å². The second-order valence-corrected chi connectivity index (χ2v) is 3.34. The summed E-state index contributed by atoms with van der Waals surface area (Å²) >= 11 is 0. The zero-order valence-electron chi connectivity index (χ0n) is 6.70. The summed E-state index contributed by atoms with van der Waals surface area (Å²) < 4.78 is 12.7. The normalized spacial score (nSPS) is 27.2. The van der Waals surface area contributed by atoms with Crippen LogP contribution < -0.4 is 0 Å². The van der Waals surface area contributed by atoms with E-state index in [9.17, 15) is 4.39 Å². The highest BCUT2D eigenvalue weighted by Gasteiger charge is 2.37. The molecule has 0 aromatic heterocycles. The third-order valence-electron chi connectivity index (χ3n) is 2.43. The maximum atomic E-state index is 12.7. The van der Waals surface area contributed by atoms with Crippen LogP contribution in [0.3, 0.4) is 0 Å². The predicted octanol–water partition coefficient (Wildman–Crippen LogP) is 1.92. The molecule has 2 rings (SSSR count). The molecule has 1 N–H and O–H groups in total. The highest BCUT2D eigenvalue weighted by atomic mass is 19.1. The molecule has 1 aliphatic carbocycles. The Morgan fingerprint density at radius 1 is 1.50 bits per heavy atom. The van der Waals surface area contributed by atoms with E-state index in [0.717, 1.165) is 12.0 Å². The molecule has 1 aromatic carbocycles. The number of rotatable bonds is 2. The topological polar surface area (TPSA) is 20.2 Å². The van der Waals surface area contributed by atoms with Crippen LogP contribution in [0.25, 0.3) is 0 Å². The van der Waals surface area contributed by atoms with Crippen LogP contribution in [0.4, 0.5) is 4.39 Å². The Morgan fingerprint density at radius 2 is 2.33 bits per heavy atom. The van der Waals surface area contributed by atoms with Crippen LogP contribution in [0.2, 0.25) is 0 Å². The van der Waals surface area contributed by atoms with E-state index in [-0.39, 0.29) is 12.4 Å². The number of aliphatic hydroxyl groups excluding tert-OH is 1. The van der Waals surface area contributed by atoms with E-state index in [1.807, 2.05) is 6.07 Å². The summed E-state index contributed by atoms with van der Waals surface area (Å²) in [6.07, 6.45) is 1.000.